The third-order valence-electron chi connectivity index (χ3n) is 0.920. The minimum atomic E-state index is 0.606. The second-order valence-electron chi connectivity index (χ2n) is 1.91. The van der Waals surface area contributed by atoms with Gasteiger partial charge in [0, 0.05) is 0 Å². The topological polar surface area (TPSA) is 48.6 Å². The van der Waals surface area contributed by atoms with E-state index in [2.05, 4.69) is 23.3 Å². The van der Waals surface area contributed by atoms with E-state index in [1.54, 1.807) is 6.08 Å². The Kier molecular flexibility index (Phi) is 5.91. The summed E-state index contributed by atoms with van der Waals surface area (Å²) >= 11 is 1.31. The van der Waals surface area contributed by atoms with Crippen molar-refractivity contribution in [3.05, 3.63) is 23.3 Å². The third-order valence-corrected chi connectivity index (χ3v) is 1.53. The average Bonchev–Trinajstić information content (AvgIpc) is 2.01. The van der Waals surface area contributed by atoms with Gasteiger partial charge in [0.15, 0.2) is 0 Å². The summed E-state index contributed by atoms with van der Waals surface area (Å²) in [5, 5.41) is 6.82. The lowest BCUT2D eigenvalue weighted by Crippen LogP contribution is -1.73. The molecule has 64 valence electrons. The van der Waals surface area contributed by atoms with Crippen LogP contribution >= 0.6 is 11.8 Å². The molecule has 0 aliphatic carbocycles. The lowest BCUT2D eigenvalue weighted by Gasteiger charge is -1.93. The summed E-state index contributed by atoms with van der Waals surface area (Å²) < 4.78 is 0. The molecule has 0 heterocycles. The molecule has 0 aromatic carbocycles. The molecule has 0 amide bonds. The molecule has 0 bridgehead atoms. The molecule has 4 heteroatoms. The van der Waals surface area contributed by atoms with Gasteiger partial charge in [0.25, 0.3) is 0 Å². The van der Waals surface area contributed by atoms with E-state index in [9.17, 15) is 0 Å². The van der Waals surface area contributed by atoms with Gasteiger partial charge in [-0.15, -0.1) is 0 Å². The summed E-state index contributed by atoms with van der Waals surface area (Å²) in [7, 11) is 0. The van der Waals surface area contributed by atoms with E-state index in [0.717, 1.165) is 4.91 Å². The Morgan fingerprint density at radius 1 is 1.58 bits per heavy atom. The van der Waals surface area contributed by atoms with Crippen molar-refractivity contribution >= 4 is 30.4 Å². The number of hydrogen-bond acceptors (Lipinski definition) is 3. The Hall–Kier alpha value is -1.16. The highest BCUT2D eigenvalue weighted by atomic mass is 32.2. The number of nitrogens with one attached hydrogen (secondary N) is 1. The van der Waals surface area contributed by atoms with Gasteiger partial charge in [0.05, 0.1) is 11.2 Å². The Labute approximate surface area is 76.5 Å². The van der Waals surface area contributed by atoms with Crippen molar-refractivity contribution in [1.82, 2.24) is 0 Å². The first kappa shape index (κ1) is 10.8. The predicted molar refractivity (Wildman–Crippen MR) is 57.3 cm³/mol. The van der Waals surface area contributed by atoms with Crippen LogP contribution in [0.25, 0.3) is 0 Å². The highest BCUT2D eigenvalue weighted by Crippen LogP contribution is 2.13. The lowest BCUT2D eigenvalue weighted by molar-refractivity contribution is 1.42. The summed E-state index contributed by atoms with van der Waals surface area (Å²) in [6, 6.07) is 0. The largest absolute Gasteiger partial charge is 0.302 e. The first-order valence-corrected chi connectivity index (χ1v) is 4.10. The number of thioether (sulfide) groups is 1. The molecule has 0 spiro atoms. The SMILES string of the molecule is C=N/C=N\C(=C)/C=C(\C)SC=N. The zero-order valence-corrected chi connectivity index (χ0v) is 7.77. The standard InChI is InChI=1S/C8H11N3S/c1-7(11-6-10-3)4-8(2)12-5-9/h4-6,9H,1,3H2,2H3/b8-4+,9-5?,11-6-. The molecule has 0 aliphatic heterocycles. The maximum absolute atomic E-state index is 6.82. The molecule has 0 saturated heterocycles. The van der Waals surface area contributed by atoms with Gasteiger partial charge in [-0.05, 0) is 24.6 Å². The van der Waals surface area contributed by atoms with Gasteiger partial charge in [0.2, 0.25) is 0 Å². The van der Waals surface area contributed by atoms with E-state index >= 15 is 0 Å². The zero-order valence-electron chi connectivity index (χ0n) is 6.95. The van der Waals surface area contributed by atoms with Gasteiger partial charge in [-0.1, -0.05) is 18.3 Å². The van der Waals surface area contributed by atoms with E-state index in [1.165, 1.54) is 23.6 Å². The van der Waals surface area contributed by atoms with Crippen LogP contribution < -0.4 is 0 Å². The zero-order chi connectivity index (χ0) is 9.40. The number of aliphatic imine (C=N–C) groups is 2. The fourth-order valence-corrected chi connectivity index (χ4v) is 0.904. The van der Waals surface area contributed by atoms with Crippen molar-refractivity contribution in [2.75, 3.05) is 0 Å². The van der Waals surface area contributed by atoms with Crippen LogP contribution in [-0.4, -0.2) is 18.6 Å². The van der Waals surface area contributed by atoms with E-state index in [0.29, 0.717) is 5.70 Å². The Balaban J connectivity index is 4.12. The van der Waals surface area contributed by atoms with Gasteiger partial charge in [0.1, 0.15) is 6.34 Å². The quantitative estimate of drug-likeness (QED) is 0.395. The van der Waals surface area contributed by atoms with Crippen LogP contribution in [0.15, 0.2) is 33.2 Å². The molecule has 3 nitrogen and oxygen atoms in total. The minimum Gasteiger partial charge on any atom is -0.302 e. The van der Waals surface area contributed by atoms with Crippen LogP contribution in [0, 0.1) is 5.41 Å². The number of rotatable bonds is 5. The van der Waals surface area contributed by atoms with Crippen molar-refractivity contribution in [1.29, 1.82) is 5.41 Å². The molecule has 0 rings (SSSR count). The van der Waals surface area contributed by atoms with Crippen LogP contribution in [0.1, 0.15) is 6.92 Å². The third kappa shape index (κ3) is 5.61. The molecule has 0 aromatic heterocycles. The van der Waals surface area contributed by atoms with Gasteiger partial charge >= 0.3 is 0 Å². The second-order valence-corrected chi connectivity index (χ2v) is 3.02. The normalized spacial score (nSPS) is 11.6. The Morgan fingerprint density at radius 3 is 2.75 bits per heavy atom. The van der Waals surface area contributed by atoms with E-state index in [4.69, 9.17) is 5.41 Å². The summed E-state index contributed by atoms with van der Waals surface area (Å²) in [4.78, 5) is 8.27. The van der Waals surface area contributed by atoms with Gasteiger partial charge in [-0.25, -0.2) is 4.99 Å². The molecule has 0 fully saturated rings. The van der Waals surface area contributed by atoms with Crippen LogP contribution in [0.3, 0.4) is 0 Å². The van der Waals surface area contributed by atoms with E-state index < -0.39 is 0 Å². The first-order chi connectivity index (χ1) is 5.70. The Morgan fingerprint density at radius 2 is 2.25 bits per heavy atom. The highest BCUT2D eigenvalue weighted by Gasteiger charge is 1.87. The number of hydrogen-bond donors (Lipinski definition) is 1. The maximum atomic E-state index is 6.82. The monoisotopic (exact) mass is 181 g/mol. The average molecular weight is 181 g/mol. The van der Waals surface area contributed by atoms with Crippen molar-refractivity contribution in [2.24, 2.45) is 9.98 Å². The van der Waals surface area contributed by atoms with Crippen molar-refractivity contribution in [3.8, 4) is 0 Å². The molecule has 1 N–H and O–H groups in total. The molecule has 0 unspecified atom stereocenters. The van der Waals surface area contributed by atoms with Crippen LogP contribution in [0.2, 0.25) is 0 Å². The molecule has 0 saturated carbocycles. The fraction of sp³-hybridized carbons (Fsp3) is 0.125. The van der Waals surface area contributed by atoms with E-state index in [1.807, 2.05) is 6.92 Å². The van der Waals surface area contributed by atoms with Gasteiger partial charge in [-0.2, -0.15) is 0 Å². The van der Waals surface area contributed by atoms with Crippen LogP contribution in [0.4, 0.5) is 0 Å². The molecule has 12 heavy (non-hydrogen) atoms. The predicted octanol–water partition coefficient (Wildman–Crippen LogP) is 2.47. The van der Waals surface area contributed by atoms with Crippen molar-refractivity contribution in [2.45, 2.75) is 6.92 Å². The fourth-order valence-electron chi connectivity index (χ4n) is 0.514. The van der Waals surface area contributed by atoms with Crippen molar-refractivity contribution < 1.29 is 0 Å². The summed E-state index contributed by atoms with van der Waals surface area (Å²) in [5.74, 6) is 0. The van der Waals surface area contributed by atoms with Gasteiger partial charge < -0.3 is 5.41 Å². The lowest BCUT2D eigenvalue weighted by atomic mass is 10.4. The van der Waals surface area contributed by atoms with Crippen molar-refractivity contribution in [3.63, 3.8) is 0 Å². The van der Waals surface area contributed by atoms with Gasteiger partial charge in [-0.3, -0.25) is 4.99 Å². The van der Waals surface area contributed by atoms with Crippen LogP contribution in [-0.2, 0) is 0 Å². The molecule has 0 radical (unpaired) electrons. The second kappa shape index (κ2) is 6.54. The molecule has 0 aliphatic rings. The smallest absolute Gasteiger partial charge is 0.115 e. The molecular formula is C8H11N3S. The summed E-state index contributed by atoms with van der Waals surface area (Å²) in [6.45, 7) is 8.80. The Bertz CT molecular complexity index is 241. The van der Waals surface area contributed by atoms with Crippen LogP contribution in [0.5, 0.6) is 0 Å². The molecule has 0 aromatic rings. The number of nitrogens with zero attached hydrogens (tertiary/aromatic N) is 2. The minimum absolute atomic E-state index is 0.606. The summed E-state index contributed by atoms with van der Waals surface area (Å²) in [6.07, 6.45) is 3.11. The molecular weight excluding hydrogens is 170 g/mol. The summed E-state index contributed by atoms with van der Waals surface area (Å²) in [5.41, 5.74) is 1.86. The first-order valence-electron chi connectivity index (χ1n) is 3.22. The number of allylic oxidation sites excluding steroid dienone is 2. The van der Waals surface area contributed by atoms with E-state index in [-0.39, 0.29) is 0 Å². The highest BCUT2D eigenvalue weighted by molar-refractivity contribution is 8.15. The maximum Gasteiger partial charge on any atom is 0.115 e. The molecule has 0 atom stereocenters.